The van der Waals surface area contributed by atoms with Gasteiger partial charge in [0, 0.05) is 24.5 Å². The number of aliphatic hydroxyl groups is 1. The molecule has 0 fully saturated rings. The second-order valence-corrected chi connectivity index (χ2v) is 8.37. The predicted molar refractivity (Wildman–Crippen MR) is 104 cm³/mol. The van der Waals surface area contributed by atoms with Crippen LogP contribution in [0.25, 0.3) is 0 Å². The van der Waals surface area contributed by atoms with Crippen LogP contribution >= 0.6 is 0 Å². The number of carbonyl (C=O) groups excluding carboxylic acids is 2. The lowest BCUT2D eigenvalue weighted by molar-refractivity contribution is -0.149. The highest BCUT2D eigenvalue weighted by molar-refractivity contribution is 5.87. The SMILES string of the molecule is COC(=O)[C@@]1(NC(=O)OC(C)(C)C)CCc2cccc(OC[C@@H](C)CO)c2C1. The molecular formula is C21H31NO6. The molecule has 1 amide bonds. The summed E-state index contributed by atoms with van der Waals surface area (Å²) in [4.78, 5) is 25.1. The van der Waals surface area contributed by atoms with Crippen LogP contribution in [0.1, 0.15) is 45.2 Å². The topological polar surface area (TPSA) is 94.1 Å². The molecule has 2 rings (SSSR count). The van der Waals surface area contributed by atoms with Gasteiger partial charge in [0.1, 0.15) is 16.9 Å². The monoisotopic (exact) mass is 393 g/mol. The van der Waals surface area contributed by atoms with Crippen molar-refractivity contribution < 1.29 is 28.9 Å². The molecule has 0 radical (unpaired) electrons. The molecule has 0 unspecified atom stereocenters. The summed E-state index contributed by atoms with van der Waals surface area (Å²) in [6.07, 6.45) is 0.585. The minimum Gasteiger partial charge on any atom is -0.493 e. The number of aliphatic hydroxyl groups excluding tert-OH is 1. The van der Waals surface area contributed by atoms with Crippen LogP contribution in [0.2, 0.25) is 0 Å². The number of hydrogen-bond acceptors (Lipinski definition) is 6. The number of hydrogen-bond donors (Lipinski definition) is 2. The Morgan fingerprint density at radius 3 is 2.64 bits per heavy atom. The van der Waals surface area contributed by atoms with Crippen LogP contribution in [0.15, 0.2) is 18.2 Å². The number of aryl methyl sites for hydroxylation is 1. The zero-order chi connectivity index (χ0) is 20.9. The van der Waals surface area contributed by atoms with Crippen LogP contribution in [0.5, 0.6) is 5.75 Å². The number of carbonyl (C=O) groups is 2. The van der Waals surface area contributed by atoms with Gasteiger partial charge in [0.2, 0.25) is 0 Å². The molecule has 0 saturated heterocycles. The highest BCUT2D eigenvalue weighted by Gasteiger charge is 2.45. The average molecular weight is 393 g/mol. The minimum absolute atomic E-state index is 0.00954. The van der Waals surface area contributed by atoms with Crippen molar-refractivity contribution in [1.29, 1.82) is 0 Å². The number of fused-ring (bicyclic) bond motifs is 1. The van der Waals surface area contributed by atoms with E-state index < -0.39 is 23.2 Å². The molecule has 0 spiro atoms. The maximum absolute atomic E-state index is 12.7. The van der Waals surface area contributed by atoms with Gasteiger partial charge in [0.25, 0.3) is 0 Å². The number of amides is 1. The van der Waals surface area contributed by atoms with E-state index in [9.17, 15) is 14.7 Å². The van der Waals surface area contributed by atoms with Gasteiger partial charge in [0.15, 0.2) is 0 Å². The van der Waals surface area contributed by atoms with Gasteiger partial charge in [0.05, 0.1) is 13.7 Å². The van der Waals surface area contributed by atoms with E-state index in [4.69, 9.17) is 14.2 Å². The van der Waals surface area contributed by atoms with Crippen molar-refractivity contribution in [2.75, 3.05) is 20.3 Å². The van der Waals surface area contributed by atoms with Crippen LogP contribution in [0.4, 0.5) is 4.79 Å². The fourth-order valence-corrected chi connectivity index (χ4v) is 3.23. The van der Waals surface area contributed by atoms with Gasteiger partial charge in [-0.15, -0.1) is 0 Å². The molecule has 0 aromatic heterocycles. The molecule has 1 aliphatic rings. The summed E-state index contributed by atoms with van der Waals surface area (Å²) in [6, 6.07) is 5.74. The maximum Gasteiger partial charge on any atom is 0.408 e. The van der Waals surface area contributed by atoms with E-state index in [1.165, 1.54) is 7.11 Å². The molecule has 0 bridgehead atoms. The average Bonchev–Trinajstić information content (AvgIpc) is 2.63. The summed E-state index contributed by atoms with van der Waals surface area (Å²) in [6.45, 7) is 7.57. The molecule has 156 valence electrons. The highest BCUT2D eigenvalue weighted by atomic mass is 16.6. The largest absolute Gasteiger partial charge is 0.493 e. The summed E-state index contributed by atoms with van der Waals surface area (Å²) in [5, 5.41) is 12.0. The third-order valence-corrected chi connectivity index (χ3v) is 4.68. The minimum atomic E-state index is -1.22. The first kappa shape index (κ1) is 22.0. The van der Waals surface area contributed by atoms with Crippen molar-refractivity contribution in [2.24, 2.45) is 5.92 Å². The lowest BCUT2D eigenvalue weighted by atomic mass is 9.77. The van der Waals surface area contributed by atoms with E-state index in [0.29, 0.717) is 25.2 Å². The first-order chi connectivity index (χ1) is 13.1. The lowest BCUT2D eigenvalue weighted by Gasteiger charge is -2.37. The van der Waals surface area contributed by atoms with Gasteiger partial charge in [-0.05, 0) is 45.2 Å². The molecular weight excluding hydrogens is 362 g/mol. The van der Waals surface area contributed by atoms with E-state index in [-0.39, 0.29) is 18.9 Å². The Balaban J connectivity index is 2.30. The van der Waals surface area contributed by atoms with Crippen molar-refractivity contribution in [2.45, 2.75) is 58.1 Å². The van der Waals surface area contributed by atoms with Gasteiger partial charge in [-0.3, -0.25) is 0 Å². The standard InChI is InChI=1S/C21H31NO6/c1-14(12-23)13-27-17-8-6-7-15-9-10-21(11-16(15)17,18(24)26-5)22-19(25)28-20(2,3)4/h6-8,14,23H,9-13H2,1-5H3,(H,22,25)/t14-,21+/m0/s1. The van der Waals surface area contributed by atoms with Crippen LogP contribution < -0.4 is 10.1 Å². The first-order valence-corrected chi connectivity index (χ1v) is 9.54. The lowest BCUT2D eigenvalue weighted by Crippen LogP contribution is -2.59. The fourth-order valence-electron chi connectivity index (χ4n) is 3.23. The number of ether oxygens (including phenoxy) is 3. The molecule has 28 heavy (non-hydrogen) atoms. The number of benzene rings is 1. The first-order valence-electron chi connectivity index (χ1n) is 9.54. The third-order valence-electron chi connectivity index (χ3n) is 4.68. The van der Waals surface area contributed by atoms with E-state index in [1.807, 2.05) is 25.1 Å². The van der Waals surface area contributed by atoms with Gasteiger partial charge in [-0.25, -0.2) is 9.59 Å². The van der Waals surface area contributed by atoms with E-state index >= 15 is 0 Å². The summed E-state index contributed by atoms with van der Waals surface area (Å²) in [7, 11) is 1.31. The van der Waals surface area contributed by atoms with Crippen molar-refractivity contribution >= 4 is 12.1 Å². The number of nitrogens with one attached hydrogen (secondary N) is 1. The Labute approximate surface area is 166 Å². The van der Waals surface area contributed by atoms with Crippen LogP contribution in [-0.4, -0.2) is 48.6 Å². The normalized spacial score (nSPS) is 19.9. The molecule has 7 nitrogen and oxygen atoms in total. The second kappa shape index (κ2) is 8.82. The third kappa shape index (κ3) is 5.38. The summed E-state index contributed by atoms with van der Waals surface area (Å²) in [5.41, 5.74) is 0.0365. The van der Waals surface area contributed by atoms with Crippen LogP contribution in [-0.2, 0) is 27.1 Å². The molecule has 1 aliphatic carbocycles. The van der Waals surface area contributed by atoms with E-state index in [1.54, 1.807) is 20.8 Å². The van der Waals surface area contributed by atoms with Crippen molar-refractivity contribution in [3.05, 3.63) is 29.3 Å². The van der Waals surface area contributed by atoms with Gasteiger partial charge < -0.3 is 24.6 Å². The maximum atomic E-state index is 12.7. The number of rotatable bonds is 6. The molecule has 7 heteroatoms. The highest BCUT2D eigenvalue weighted by Crippen LogP contribution is 2.36. The zero-order valence-corrected chi connectivity index (χ0v) is 17.3. The number of methoxy groups -OCH3 is 1. The summed E-state index contributed by atoms with van der Waals surface area (Å²) in [5.74, 6) is 0.129. The molecule has 0 heterocycles. The Kier molecular flexibility index (Phi) is 6.93. The Bertz CT molecular complexity index is 711. The van der Waals surface area contributed by atoms with Crippen molar-refractivity contribution in [1.82, 2.24) is 5.32 Å². The molecule has 1 aromatic carbocycles. The number of esters is 1. The van der Waals surface area contributed by atoms with Crippen molar-refractivity contribution in [3.63, 3.8) is 0 Å². The van der Waals surface area contributed by atoms with Crippen molar-refractivity contribution in [3.8, 4) is 5.75 Å². The Morgan fingerprint density at radius 2 is 2.04 bits per heavy atom. The molecule has 2 N–H and O–H groups in total. The Morgan fingerprint density at radius 1 is 1.32 bits per heavy atom. The molecule has 0 saturated carbocycles. The van der Waals surface area contributed by atoms with E-state index in [2.05, 4.69) is 5.32 Å². The van der Waals surface area contributed by atoms with Gasteiger partial charge in [-0.2, -0.15) is 0 Å². The van der Waals surface area contributed by atoms with Crippen LogP contribution in [0, 0.1) is 5.92 Å². The quantitative estimate of drug-likeness (QED) is 0.722. The predicted octanol–water partition coefficient (Wildman–Crippen LogP) is 2.62. The summed E-state index contributed by atoms with van der Waals surface area (Å²) < 4.78 is 16.3. The Hall–Kier alpha value is -2.28. The second-order valence-electron chi connectivity index (χ2n) is 8.37. The van der Waals surface area contributed by atoms with E-state index in [0.717, 1.165) is 11.1 Å². The van der Waals surface area contributed by atoms with Gasteiger partial charge >= 0.3 is 12.1 Å². The smallest absolute Gasteiger partial charge is 0.408 e. The van der Waals surface area contributed by atoms with Crippen LogP contribution in [0.3, 0.4) is 0 Å². The summed E-state index contributed by atoms with van der Waals surface area (Å²) >= 11 is 0. The molecule has 1 aromatic rings. The fraction of sp³-hybridized carbons (Fsp3) is 0.619. The molecule has 0 aliphatic heterocycles. The zero-order valence-electron chi connectivity index (χ0n) is 17.3. The van der Waals surface area contributed by atoms with Gasteiger partial charge in [-0.1, -0.05) is 19.1 Å². The number of alkyl carbamates (subject to hydrolysis) is 1. The molecule has 2 atom stereocenters.